The molecule has 25 heteroatoms. The number of ether oxygens (including phenoxy) is 3. The molecule has 0 saturated carbocycles. The monoisotopic (exact) mass is 879 g/mol. The summed E-state index contributed by atoms with van der Waals surface area (Å²) in [6, 6.07) is -1.07. The number of piperazine rings is 2. The third kappa shape index (κ3) is 15.2. The van der Waals surface area contributed by atoms with Gasteiger partial charge in [-0.15, -0.1) is 16.6 Å². The summed E-state index contributed by atoms with van der Waals surface area (Å²) in [5.41, 5.74) is 23.2. The van der Waals surface area contributed by atoms with Gasteiger partial charge in [0, 0.05) is 84.4 Å². The summed E-state index contributed by atoms with van der Waals surface area (Å²) >= 11 is 0. The van der Waals surface area contributed by atoms with E-state index in [0.29, 0.717) is 149 Å². The number of nitrogens with zero attached hydrogens (tertiary/aromatic N) is 15. The number of carbonyl (C=O) groups excluding carboxylic acids is 2. The van der Waals surface area contributed by atoms with Crippen molar-refractivity contribution in [1.29, 1.82) is 0 Å². The average Bonchev–Trinajstić information content (AvgIpc) is 3.98. The molecular weight excluding hydrogens is 817 g/mol. The highest BCUT2D eigenvalue weighted by molar-refractivity contribution is 5.81. The maximum absolute atomic E-state index is 13.6. The standard InChI is InChI=1S/C38H62N20O5/c1-4-20-61-22-24-63-25-23-62-21-11-45-36-46-37(55-16-12-53(13-17-55)32(59)28(2)57-26-30(49-51-57)7-5-9-43-34(39)40)48-38(47-36)56-18-14-54(15-19-56)33(60)29(3)58-27-31(50-52-58)8-6-10-44-35(41)42/h1,26-29H,5-25H2,2-3H3,(H4,39,40,43)(H4,41,42,44)(H,45,46,47,48)/t28-,29-/m0/s1. The first-order chi connectivity index (χ1) is 30.5. The van der Waals surface area contributed by atoms with Crippen molar-refractivity contribution in [2.45, 2.75) is 51.6 Å². The molecule has 5 heterocycles. The number of aryl methyl sites for hydroxylation is 2. The Morgan fingerprint density at radius 1 is 0.698 bits per heavy atom. The van der Waals surface area contributed by atoms with Crippen LogP contribution in [0.15, 0.2) is 22.4 Å². The van der Waals surface area contributed by atoms with E-state index in [4.69, 9.17) is 58.5 Å². The summed E-state index contributed by atoms with van der Waals surface area (Å²) in [6.45, 7) is 11.2. The fourth-order valence-corrected chi connectivity index (χ4v) is 6.70. The minimum atomic E-state index is -0.535. The molecule has 2 atom stereocenters. The van der Waals surface area contributed by atoms with Crippen LogP contribution >= 0.6 is 0 Å². The quantitative estimate of drug-likeness (QED) is 0.0252. The van der Waals surface area contributed by atoms with E-state index in [-0.39, 0.29) is 30.3 Å². The van der Waals surface area contributed by atoms with Crippen LogP contribution in [0.3, 0.4) is 0 Å². The van der Waals surface area contributed by atoms with Crippen molar-refractivity contribution in [3.05, 3.63) is 23.8 Å². The van der Waals surface area contributed by atoms with Crippen LogP contribution in [0.1, 0.15) is 50.2 Å². The lowest BCUT2D eigenvalue weighted by atomic mass is 10.2. The number of carbonyl (C=O) groups is 2. The minimum absolute atomic E-state index is 0.0498. The molecule has 2 aliphatic rings. The molecule has 0 bridgehead atoms. The number of amides is 2. The largest absolute Gasteiger partial charge is 0.377 e. The number of aliphatic imine (C=N–C) groups is 2. The van der Waals surface area contributed by atoms with Gasteiger partial charge in [-0.25, -0.2) is 9.36 Å². The third-order valence-corrected chi connectivity index (χ3v) is 10.2. The van der Waals surface area contributed by atoms with Gasteiger partial charge < -0.3 is 62.1 Å². The van der Waals surface area contributed by atoms with E-state index in [9.17, 15) is 9.59 Å². The number of guanidine groups is 2. The van der Waals surface area contributed by atoms with Gasteiger partial charge in [-0.2, -0.15) is 15.0 Å². The second-order valence-corrected chi connectivity index (χ2v) is 14.8. The highest BCUT2D eigenvalue weighted by atomic mass is 16.5. The van der Waals surface area contributed by atoms with Crippen molar-refractivity contribution in [1.82, 2.24) is 54.7 Å². The maximum Gasteiger partial charge on any atom is 0.247 e. The van der Waals surface area contributed by atoms with Gasteiger partial charge in [0.15, 0.2) is 11.9 Å². The normalized spacial score (nSPS) is 15.1. The molecule has 0 radical (unpaired) electrons. The van der Waals surface area contributed by atoms with E-state index in [1.54, 1.807) is 21.8 Å². The van der Waals surface area contributed by atoms with Gasteiger partial charge in [0.05, 0.1) is 44.4 Å². The van der Waals surface area contributed by atoms with Gasteiger partial charge in [-0.05, 0) is 39.5 Å². The van der Waals surface area contributed by atoms with Crippen LogP contribution in [0.4, 0.5) is 17.8 Å². The number of aromatic nitrogens is 9. The molecule has 3 aromatic heterocycles. The fourth-order valence-electron chi connectivity index (χ4n) is 6.70. The molecule has 0 unspecified atom stereocenters. The second-order valence-electron chi connectivity index (χ2n) is 14.8. The third-order valence-electron chi connectivity index (χ3n) is 10.2. The van der Waals surface area contributed by atoms with Gasteiger partial charge >= 0.3 is 0 Å². The highest BCUT2D eigenvalue weighted by Crippen LogP contribution is 2.22. The topological polar surface area (TPSA) is 316 Å². The van der Waals surface area contributed by atoms with Crippen LogP contribution in [-0.4, -0.2) is 190 Å². The van der Waals surface area contributed by atoms with Gasteiger partial charge in [-0.1, -0.05) is 16.3 Å². The van der Waals surface area contributed by atoms with Crippen molar-refractivity contribution < 1.29 is 23.8 Å². The van der Waals surface area contributed by atoms with E-state index >= 15 is 0 Å². The van der Waals surface area contributed by atoms with E-state index in [2.05, 4.69) is 41.8 Å². The first-order valence-electron chi connectivity index (χ1n) is 21.2. The molecule has 2 amide bonds. The van der Waals surface area contributed by atoms with Gasteiger partial charge in [0.25, 0.3) is 0 Å². The molecule has 2 aliphatic heterocycles. The number of hydrogen-bond acceptors (Lipinski definition) is 17. The zero-order valence-electron chi connectivity index (χ0n) is 36.3. The Bertz CT molecular complexity index is 1860. The van der Waals surface area contributed by atoms with Crippen LogP contribution in [0.2, 0.25) is 0 Å². The van der Waals surface area contributed by atoms with E-state index in [0.717, 1.165) is 11.4 Å². The molecule has 344 valence electrons. The average molecular weight is 879 g/mol. The summed E-state index contributed by atoms with van der Waals surface area (Å²) in [5, 5.41) is 20.1. The number of rotatable bonds is 25. The summed E-state index contributed by atoms with van der Waals surface area (Å²) in [5.74, 6) is 3.76. The molecule has 2 fully saturated rings. The lowest BCUT2D eigenvalue weighted by molar-refractivity contribution is -0.135. The number of anilines is 3. The number of terminal acetylenes is 1. The van der Waals surface area contributed by atoms with Crippen LogP contribution in [0, 0.1) is 12.3 Å². The summed E-state index contributed by atoms with van der Waals surface area (Å²) in [4.78, 5) is 57.4. The predicted octanol–water partition coefficient (Wildman–Crippen LogP) is -2.62. The smallest absolute Gasteiger partial charge is 0.247 e. The molecule has 0 aliphatic carbocycles. The number of nitrogens with two attached hydrogens (primary N) is 4. The molecule has 63 heavy (non-hydrogen) atoms. The van der Waals surface area contributed by atoms with Crippen molar-refractivity contribution in [2.24, 2.45) is 32.9 Å². The van der Waals surface area contributed by atoms with Crippen molar-refractivity contribution in [2.75, 3.05) is 127 Å². The zero-order chi connectivity index (χ0) is 45.0. The summed E-state index contributed by atoms with van der Waals surface area (Å²) < 4.78 is 19.6. The maximum atomic E-state index is 13.6. The number of hydrogen-bond donors (Lipinski definition) is 5. The van der Waals surface area contributed by atoms with Gasteiger partial charge in [-0.3, -0.25) is 19.6 Å². The Balaban J connectivity index is 1.16. The molecule has 0 aromatic carbocycles. The molecule has 0 spiro atoms. The fraction of sp³-hybridized carbons (Fsp3) is 0.658. The van der Waals surface area contributed by atoms with Crippen LogP contribution in [0.5, 0.6) is 0 Å². The Labute approximate surface area is 366 Å². The SMILES string of the molecule is C#CCOCCOCCOCCNc1nc(N2CCN(C(=O)[C@H](C)n3cc(CCCN=C(N)N)nn3)CC2)nc(N2CCN(C(=O)[C@H](C)n3cc(CCCN=C(N)N)nn3)CC2)n1. The summed E-state index contributed by atoms with van der Waals surface area (Å²) in [7, 11) is 0. The Hall–Kier alpha value is -6.39. The minimum Gasteiger partial charge on any atom is -0.377 e. The van der Waals surface area contributed by atoms with Crippen molar-refractivity contribution >= 4 is 41.6 Å². The Morgan fingerprint density at radius 3 is 1.59 bits per heavy atom. The van der Waals surface area contributed by atoms with Crippen LogP contribution in [0.25, 0.3) is 0 Å². The van der Waals surface area contributed by atoms with Gasteiger partial charge in [0.1, 0.15) is 18.7 Å². The lowest BCUT2D eigenvalue weighted by Gasteiger charge is -2.37. The van der Waals surface area contributed by atoms with Crippen molar-refractivity contribution in [3.63, 3.8) is 0 Å². The number of nitrogens with one attached hydrogen (secondary N) is 1. The van der Waals surface area contributed by atoms with Crippen molar-refractivity contribution in [3.8, 4) is 12.3 Å². The van der Waals surface area contributed by atoms with E-state index < -0.39 is 12.1 Å². The van der Waals surface area contributed by atoms with Crippen LogP contribution in [-0.2, 0) is 36.6 Å². The molecule has 9 N–H and O–H groups in total. The van der Waals surface area contributed by atoms with Crippen LogP contribution < -0.4 is 38.1 Å². The first kappa shape index (κ1) is 47.7. The Kier molecular flexibility index (Phi) is 18.8. The molecule has 5 rings (SSSR count). The molecule has 25 nitrogen and oxygen atoms in total. The molecule has 3 aromatic rings. The predicted molar refractivity (Wildman–Crippen MR) is 235 cm³/mol. The second kappa shape index (κ2) is 24.9. The van der Waals surface area contributed by atoms with Gasteiger partial charge in [0.2, 0.25) is 29.7 Å². The zero-order valence-corrected chi connectivity index (χ0v) is 36.3. The van der Waals surface area contributed by atoms with E-state index in [1.165, 1.54) is 0 Å². The molecule has 2 saturated heterocycles. The Morgan fingerprint density at radius 2 is 1.14 bits per heavy atom. The van der Waals surface area contributed by atoms with E-state index in [1.807, 2.05) is 33.4 Å². The first-order valence-corrected chi connectivity index (χ1v) is 21.2. The molecular formula is C38H62N20O5. The highest BCUT2D eigenvalue weighted by Gasteiger charge is 2.31. The lowest BCUT2D eigenvalue weighted by Crippen LogP contribution is -2.52. The summed E-state index contributed by atoms with van der Waals surface area (Å²) in [6.07, 6.45) is 11.4.